The van der Waals surface area contributed by atoms with Crippen molar-refractivity contribution in [2.45, 2.75) is 19.3 Å². The van der Waals surface area contributed by atoms with Gasteiger partial charge in [0, 0.05) is 18.7 Å². The van der Waals surface area contributed by atoms with Crippen LogP contribution in [0.3, 0.4) is 0 Å². The average Bonchev–Trinajstić information content (AvgIpc) is 2.36. The molecule has 0 bridgehead atoms. The number of carboxylic acids is 1. The Labute approximate surface area is 107 Å². The van der Waals surface area contributed by atoms with Gasteiger partial charge in [-0.05, 0) is 43.7 Å². The van der Waals surface area contributed by atoms with Crippen molar-refractivity contribution in [3.8, 4) is 5.75 Å². The first-order valence-electron chi connectivity index (χ1n) is 6.11. The minimum Gasteiger partial charge on any atom is -0.494 e. The molecule has 0 unspecified atom stereocenters. The largest absolute Gasteiger partial charge is 0.494 e. The number of carbonyl (C=O) groups is 1. The Balaban J connectivity index is 2.25. The van der Waals surface area contributed by atoms with Gasteiger partial charge in [0.2, 0.25) is 0 Å². The number of nitrogens with one attached hydrogen (secondary N) is 1. The van der Waals surface area contributed by atoms with Gasteiger partial charge in [0.25, 0.3) is 0 Å². The normalized spacial score (nSPS) is 10.1. The molecule has 100 valence electrons. The minimum absolute atomic E-state index is 0.138. The van der Waals surface area contributed by atoms with Crippen LogP contribution in [0.2, 0.25) is 0 Å². The third-order valence-electron chi connectivity index (χ3n) is 2.37. The highest BCUT2D eigenvalue weighted by atomic mass is 16.5. The van der Waals surface area contributed by atoms with Gasteiger partial charge < -0.3 is 20.9 Å². The molecule has 0 aliphatic rings. The first kappa shape index (κ1) is 14.3. The molecule has 18 heavy (non-hydrogen) atoms. The summed E-state index contributed by atoms with van der Waals surface area (Å²) in [6.45, 7) is 1.96. The molecule has 1 aromatic carbocycles. The number of nitrogens with two attached hydrogens (primary N) is 1. The van der Waals surface area contributed by atoms with Gasteiger partial charge in [0.15, 0.2) is 0 Å². The number of rotatable bonds is 9. The first-order chi connectivity index (χ1) is 8.72. The highest BCUT2D eigenvalue weighted by molar-refractivity contribution is 5.66. The zero-order chi connectivity index (χ0) is 13.2. The first-order valence-corrected chi connectivity index (χ1v) is 6.11. The summed E-state index contributed by atoms with van der Waals surface area (Å²) < 4.78 is 5.43. The van der Waals surface area contributed by atoms with E-state index >= 15 is 0 Å². The van der Waals surface area contributed by atoms with Crippen molar-refractivity contribution in [1.29, 1.82) is 0 Å². The van der Waals surface area contributed by atoms with Gasteiger partial charge in [-0.1, -0.05) is 0 Å². The second-order valence-corrected chi connectivity index (χ2v) is 3.94. The van der Waals surface area contributed by atoms with Crippen LogP contribution in [0.5, 0.6) is 5.75 Å². The number of anilines is 1. The number of ether oxygens (including phenoxy) is 1. The topological polar surface area (TPSA) is 84.6 Å². The van der Waals surface area contributed by atoms with Crippen molar-refractivity contribution in [1.82, 2.24) is 0 Å². The molecule has 0 heterocycles. The molecule has 0 fully saturated rings. The fourth-order valence-electron chi connectivity index (χ4n) is 1.42. The van der Waals surface area contributed by atoms with Gasteiger partial charge in [-0.15, -0.1) is 0 Å². The Morgan fingerprint density at radius 2 is 2.00 bits per heavy atom. The van der Waals surface area contributed by atoms with Crippen molar-refractivity contribution in [3.05, 3.63) is 24.3 Å². The van der Waals surface area contributed by atoms with Crippen LogP contribution in [0.15, 0.2) is 24.3 Å². The van der Waals surface area contributed by atoms with E-state index in [1.165, 1.54) is 0 Å². The van der Waals surface area contributed by atoms with Crippen LogP contribution in [-0.4, -0.2) is 30.8 Å². The molecule has 0 aromatic heterocycles. The summed E-state index contributed by atoms with van der Waals surface area (Å²) in [5.74, 6) is -0.0391. The molecule has 0 aliphatic carbocycles. The average molecular weight is 252 g/mol. The van der Waals surface area contributed by atoms with Crippen LogP contribution in [0, 0.1) is 0 Å². The molecule has 0 saturated heterocycles. The SMILES string of the molecule is NCCCNc1ccc(OCCCC(=O)O)cc1. The second-order valence-electron chi connectivity index (χ2n) is 3.94. The van der Waals surface area contributed by atoms with Crippen molar-refractivity contribution >= 4 is 11.7 Å². The zero-order valence-corrected chi connectivity index (χ0v) is 10.4. The maximum atomic E-state index is 10.3. The van der Waals surface area contributed by atoms with Crippen LogP contribution < -0.4 is 15.8 Å². The predicted molar refractivity (Wildman–Crippen MR) is 71.0 cm³/mol. The predicted octanol–water partition coefficient (Wildman–Crippen LogP) is 1.69. The number of hydrogen-bond acceptors (Lipinski definition) is 4. The monoisotopic (exact) mass is 252 g/mol. The maximum Gasteiger partial charge on any atom is 0.303 e. The molecule has 0 saturated carbocycles. The fourth-order valence-corrected chi connectivity index (χ4v) is 1.42. The van der Waals surface area contributed by atoms with Crippen LogP contribution >= 0.6 is 0 Å². The smallest absolute Gasteiger partial charge is 0.303 e. The van der Waals surface area contributed by atoms with Crippen LogP contribution in [0.4, 0.5) is 5.69 Å². The molecule has 0 atom stereocenters. The van der Waals surface area contributed by atoms with Crippen LogP contribution in [0.1, 0.15) is 19.3 Å². The van der Waals surface area contributed by atoms with Gasteiger partial charge in [0.1, 0.15) is 5.75 Å². The quantitative estimate of drug-likeness (QED) is 0.582. The van der Waals surface area contributed by atoms with E-state index in [4.69, 9.17) is 15.6 Å². The van der Waals surface area contributed by atoms with Gasteiger partial charge in [-0.3, -0.25) is 4.79 Å². The highest BCUT2D eigenvalue weighted by Crippen LogP contribution is 2.15. The van der Waals surface area contributed by atoms with Gasteiger partial charge in [-0.25, -0.2) is 0 Å². The Morgan fingerprint density at radius 3 is 2.61 bits per heavy atom. The Kier molecular flexibility index (Phi) is 6.64. The van der Waals surface area contributed by atoms with Crippen molar-refractivity contribution in [3.63, 3.8) is 0 Å². The summed E-state index contributed by atoms with van der Waals surface area (Å²) >= 11 is 0. The lowest BCUT2D eigenvalue weighted by molar-refractivity contribution is -0.137. The number of aliphatic carboxylic acids is 1. The lowest BCUT2D eigenvalue weighted by atomic mass is 10.3. The Bertz CT molecular complexity index is 352. The van der Waals surface area contributed by atoms with Crippen molar-refractivity contribution < 1.29 is 14.6 Å². The van der Waals surface area contributed by atoms with E-state index in [9.17, 15) is 4.79 Å². The lowest BCUT2D eigenvalue weighted by Crippen LogP contribution is -2.08. The third-order valence-corrected chi connectivity index (χ3v) is 2.37. The fraction of sp³-hybridized carbons (Fsp3) is 0.462. The molecule has 5 heteroatoms. The minimum atomic E-state index is -0.793. The summed E-state index contributed by atoms with van der Waals surface area (Å²) in [5.41, 5.74) is 6.43. The molecule has 1 aromatic rings. The lowest BCUT2D eigenvalue weighted by Gasteiger charge is -2.08. The second kappa shape index (κ2) is 8.36. The maximum absolute atomic E-state index is 10.3. The summed E-state index contributed by atoms with van der Waals surface area (Å²) in [6.07, 6.45) is 1.60. The summed E-state index contributed by atoms with van der Waals surface area (Å²) in [6, 6.07) is 7.60. The van der Waals surface area contributed by atoms with E-state index in [2.05, 4.69) is 5.32 Å². The Morgan fingerprint density at radius 1 is 1.28 bits per heavy atom. The standard InChI is InChI=1S/C13H20N2O3/c14-8-2-9-15-11-4-6-12(7-5-11)18-10-1-3-13(16)17/h4-7,15H,1-3,8-10,14H2,(H,16,17). The van der Waals surface area contributed by atoms with Gasteiger partial charge in [0.05, 0.1) is 6.61 Å². The molecular weight excluding hydrogens is 232 g/mol. The van der Waals surface area contributed by atoms with E-state index in [0.717, 1.165) is 24.4 Å². The number of hydrogen-bond donors (Lipinski definition) is 3. The summed E-state index contributed by atoms with van der Waals surface area (Å²) in [7, 11) is 0. The van der Waals surface area contributed by atoms with Gasteiger partial charge >= 0.3 is 5.97 Å². The van der Waals surface area contributed by atoms with E-state index in [1.807, 2.05) is 24.3 Å². The molecule has 0 aliphatic heterocycles. The molecule has 0 spiro atoms. The molecule has 5 nitrogen and oxygen atoms in total. The molecular formula is C13H20N2O3. The van der Waals surface area contributed by atoms with Gasteiger partial charge in [-0.2, -0.15) is 0 Å². The number of carboxylic acid groups (broad SMARTS) is 1. The third kappa shape index (κ3) is 6.10. The van der Waals surface area contributed by atoms with Crippen LogP contribution in [-0.2, 0) is 4.79 Å². The van der Waals surface area contributed by atoms with E-state index in [-0.39, 0.29) is 6.42 Å². The number of benzene rings is 1. The van der Waals surface area contributed by atoms with Crippen molar-refractivity contribution in [2.24, 2.45) is 5.73 Å². The van der Waals surface area contributed by atoms with E-state index < -0.39 is 5.97 Å². The highest BCUT2D eigenvalue weighted by Gasteiger charge is 1.98. The molecule has 1 rings (SSSR count). The van der Waals surface area contributed by atoms with Crippen molar-refractivity contribution in [2.75, 3.05) is 25.0 Å². The molecule has 4 N–H and O–H groups in total. The zero-order valence-electron chi connectivity index (χ0n) is 10.4. The molecule has 0 radical (unpaired) electrons. The summed E-state index contributed by atoms with van der Waals surface area (Å²) in [5, 5.41) is 11.7. The van der Waals surface area contributed by atoms with E-state index in [0.29, 0.717) is 19.6 Å². The molecule has 0 amide bonds. The summed E-state index contributed by atoms with van der Waals surface area (Å²) in [4.78, 5) is 10.3. The Hall–Kier alpha value is -1.75. The van der Waals surface area contributed by atoms with Crippen LogP contribution in [0.25, 0.3) is 0 Å². The van der Waals surface area contributed by atoms with E-state index in [1.54, 1.807) is 0 Å².